The lowest BCUT2D eigenvalue weighted by Gasteiger charge is -2.13. The molecule has 0 saturated carbocycles. The number of hydrogen-bond acceptors (Lipinski definition) is 4. The number of anilines is 2. The average molecular weight is 381 g/mol. The fourth-order valence-corrected chi connectivity index (χ4v) is 3.40. The van der Waals surface area contributed by atoms with Gasteiger partial charge in [-0.05, 0) is 52.2 Å². The Kier molecular flexibility index (Phi) is 4.66. The summed E-state index contributed by atoms with van der Waals surface area (Å²) < 4.78 is 0. The summed E-state index contributed by atoms with van der Waals surface area (Å²) in [6, 6.07) is 20.3. The third-order valence-electron chi connectivity index (χ3n) is 4.72. The van der Waals surface area contributed by atoms with Crippen LogP contribution in [0.2, 0.25) is 0 Å². The van der Waals surface area contributed by atoms with Crippen LogP contribution in [0.15, 0.2) is 79.1 Å². The van der Waals surface area contributed by atoms with Crippen LogP contribution < -0.4 is 16.8 Å². The highest BCUT2D eigenvalue weighted by Crippen LogP contribution is 2.31. The molecule has 0 atom stereocenters. The van der Waals surface area contributed by atoms with E-state index in [1.54, 1.807) is 36.7 Å². The summed E-state index contributed by atoms with van der Waals surface area (Å²) >= 11 is 0. The van der Waals surface area contributed by atoms with Gasteiger partial charge < -0.3 is 16.8 Å². The van der Waals surface area contributed by atoms with Gasteiger partial charge in [0.15, 0.2) is 0 Å². The summed E-state index contributed by atoms with van der Waals surface area (Å²) in [5, 5.41) is 12.5. The molecule has 6 N–H and O–H groups in total. The van der Waals surface area contributed by atoms with Gasteiger partial charge in [-0.25, -0.2) is 0 Å². The molecule has 29 heavy (non-hydrogen) atoms. The molecule has 0 unspecified atom stereocenters. The molecule has 0 spiro atoms. The van der Waals surface area contributed by atoms with Crippen molar-refractivity contribution in [1.29, 1.82) is 5.41 Å². The van der Waals surface area contributed by atoms with Crippen LogP contribution in [0, 0.1) is 5.41 Å². The normalized spacial score (nSPS) is 10.6. The number of nitrogens with zero attached hydrogens (tertiary/aromatic N) is 1. The Morgan fingerprint density at radius 1 is 1.00 bits per heavy atom. The minimum atomic E-state index is -0.204. The fourth-order valence-electron chi connectivity index (χ4n) is 3.40. The van der Waals surface area contributed by atoms with Crippen LogP contribution in [0.4, 0.5) is 11.4 Å². The molecule has 4 rings (SSSR count). The van der Waals surface area contributed by atoms with Gasteiger partial charge in [-0.2, -0.15) is 0 Å². The van der Waals surface area contributed by atoms with Crippen molar-refractivity contribution in [3.8, 4) is 11.1 Å². The monoisotopic (exact) mass is 381 g/mol. The average Bonchev–Trinajstić information content (AvgIpc) is 2.73. The zero-order valence-electron chi connectivity index (χ0n) is 15.5. The number of pyridine rings is 1. The maximum Gasteiger partial charge on any atom is 0.256 e. The Hall–Kier alpha value is -4.19. The van der Waals surface area contributed by atoms with E-state index < -0.39 is 0 Å². The molecule has 4 aromatic rings. The fraction of sp³-hybridized carbons (Fsp3) is 0. The zero-order chi connectivity index (χ0) is 20.4. The zero-order valence-corrected chi connectivity index (χ0v) is 15.5. The van der Waals surface area contributed by atoms with Gasteiger partial charge in [0.1, 0.15) is 5.84 Å². The van der Waals surface area contributed by atoms with Crippen molar-refractivity contribution in [2.75, 3.05) is 11.1 Å². The van der Waals surface area contributed by atoms with Crippen molar-refractivity contribution in [2.24, 2.45) is 5.73 Å². The van der Waals surface area contributed by atoms with Crippen molar-refractivity contribution in [1.82, 2.24) is 4.98 Å². The quantitative estimate of drug-likeness (QED) is 0.242. The second kappa shape index (κ2) is 7.44. The SMILES string of the molecule is N=C(N)c1c(N)cccc1-c1ccc2c(C(=O)Nc3cccnc3)cccc2c1. The molecule has 6 nitrogen and oxygen atoms in total. The maximum absolute atomic E-state index is 12.8. The summed E-state index contributed by atoms with van der Waals surface area (Å²) in [5.74, 6) is -0.285. The predicted octanol–water partition coefficient (Wildman–Crippen LogP) is 4.02. The molecule has 3 aromatic carbocycles. The number of amides is 1. The molecular weight excluding hydrogens is 362 g/mol. The first-order valence-corrected chi connectivity index (χ1v) is 9.02. The number of nitrogen functional groups attached to an aromatic ring is 2. The molecular formula is C23H19N5O. The standard InChI is InChI=1S/C23H19N5O/c24-20-8-2-6-18(21(20)22(25)26)15-9-10-17-14(12-15)4-1-7-19(17)23(29)28-16-5-3-11-27-13-16/h1-13H,24H2,(H3,25,26)(H,28,29). The molecule has 0 aliphatic heterocycles. The molecule has 0 aliphatic rings. The summed E-state index contributed by atoms with van der Waals surface area (Å²) in [4.78, 5) is 16.8. The predicted molar refractivity (Wildman–Crippen MR) is 117 cm³/mol. The van der Waals surface area contributed by atoms with Gasteiger partial charge in [-0.15, -0.1) is 0 Å². The molecule has 1 aromatic heterocycles. The van der Waals surface area contributed by atoms with Gasteiger partial charge in [0.25, 0.3) is 5.91 Å². The van der Waals surface area contributed by atoms with Crippen LogP contribution in [-0.4, -0.2) is 16.7 Å². The van der Waals surface area contributed by atoms with Gasteiger partial charge in [-0.1, -0.05) is 36.4 Å². The van der Waals surface area contributed by atoms with Crippen LogP contribution in [0.1, 0.15) is 15.9 Å². The summed E-state index contributed by atoms with van der Waals surface area (Å²) in [6.07, 6.45) is 3.25. The van der Waals surface area contributed by atoms with E-state index in [-0.39, 0.29) is 11.7 Å². The first-order chi connectivity index (χ1) is 14.0. The van der Waals surface area contributed by atoms with Crippen LogP contribution in [0.5, 0.6) is 0 Å². The lowest BCUT2D eigenvalue weighted by molar-refractivity contribution is 0.102. The van der Waals surface area contributed by atoms with Crippen LogP contribution >= 0.6 is 0 Å². The number of nitrogens with one attached hydrogen (secondary N) is 2. The number of carbonyl (C=O) groups excluding carboxylic acids is 1. The number of carbonyl (C=O) groups is 1. The number of amidine groups is 1. The summed E-state index contributed by atoms with van der Waals surface area (Å²) in [5.41, 5.74) is 15.6. The highest BCUT2D eigenvalue weighted by atomic mass is 16.1. The van der Waals surface area contributed by atoms with Crippen LogP contribution in [0.3, 0.4) is 0 Å². The largest absolute Gasteiger partial charge is 0.398 e. The third kappa shape index (κ3) is 3.51. The second-order valence-electron chi connectivity index (χ2n) is 6.62. The Morgan fingerprint density at radius 2 is 1.83 bits per heavy atom. The Bertz CT molecular complexity index is 1230. The number of aromatic nitrogens is 1. The molecule has 142 valence electrons. The number of rotatable bonds is 4. The minimum absolute atomic E-state index is 0.0807. The highest BCUT2D eigenvalue weighted by Gasteiger charge is 2.14. The van der Waals surface area contributed by atoms with Crippen molar-refractivity contribution in [2.45, 2.75) is 0 Å². The summed E-state index contributed by atoms with van der Waals surface area (Å²) in [6.45, 7) is 0. The first kappa shape index (κ1) is 18.2. The first-order valence-electron chi connectivity index (χ1n) is 9.02. The van der Waals surface area contributed by atoms with Crippen LogP contribution in [0.25, 0.3) is 21.9 Å². The Labute approximate surface area is 167 Å². The Morgan fingerprint density at radius 3 is 2.59 bits per heavy atom. The number of nitrogens with two attached hydrogens (primary N) is 2. The van der Waals surface area contributed by atoms with Gasteiger partial charge in [0.05, 0.1) is 11.9 Å². The minimum Gasteiger partial charge on any atom is -0.398 e. The molecule has 0 radical (unpaired) electrons. The van der Waals surface area contributed by atoms with E-state index in [4.69, 9.17) is 16.9 Å². The van der Waals surface area contributed by atoms with Crippen molar-refractivity contribution in [3.63, 3.8) is 0 Å². The molecule has 6 heteroatoms. The third-order valence-corrected chi connectivity index (χ3v) is 4.72. The van der Waals surface area contributed by atoms with Crippen molar-refractivity contribution >= 4 is 33.9 Å². The Balaban J connectivity index is 1.77. The van der Waals surface area contributed by atoms with Crippen LogP contribution in [-0.2, 0) is 0 Å². The van der Waals surface area contributed by atoms with E-state index in [0.29, 0.717) is 22.5 Å². The highest BCUT2D eigenvalue weighted by molar-refractivity contribution is 6.13. The molecule has 0 bridgehead atoms. The molecule has 1 heterocycles. The van der Waals surface area contributed by atoms with E-state index in [9.17, 15) is 4.79 Å². The molecule has 0 fully saturated rings. The van der Waals surface area contributed by atoms with E-state index in [2.05, 4.69) is 10.3 Å². The van der Waals surface area contributed by atoms with E-state index in [1.807, 2.05) is 42.5 Å². The number of benzene rings is 3. The number of hydrogen-bond donors (Lipinski definition) is 4. The second-order valence-corrected chi connectivity index (χ2v) is 6.62. The van der Waals surface area contributed by atoms with Gasteiger partial charge in [-0.3, -0.25) is 15.2 Å². The molecule has 1 amide bonds. The van der Waals surface area contributed by atoms with E-state index in [1.165, 1.54) is 0 Å². The van der Waals surface area contributed by atoms with E-state index >= 15 is 0 Å². The maximum atomic E-state index is 12.8. The number of fused-ring (bicyclic) bond motifs is 1. The van der Waals surface area contributed by atoms with Gasteiger partial charge in [0.2, 0.25) is 0 Å². The topological polar surface area (TPSA) is 118 Å². The smallest absolute Gasteiger partial charge is 0.256 e. The van der Waals surface area contributed by atoms with E-state index in [0.717, 1.165) is 21.9 Å². The summed E-state index contributed by atoms with van der Waals surface area (Å²) in [7, 11) is 0. The molecule has 0 aliphatic carbocycles. The lowest BCUT2D eigenvalue weighted by Crippen LogP contribution is -2.15. The van der Waals surface area contributed by atoms with Gasteiger partial charge in [0, 0.05) is 23.0 Å². The van der Waals surface area contributed by atoms with Crippen molar-refractivity contribution in [3.05, 3.63) is 90.3 Å². The van der Waals surface area contributed by atoms with Gasteiger partial charge >= 0.3 is 0 Å². The molecule has 0 saturated heterocycles. The lowest BCUT2D eigenvalue weighted by atomic mass is 9.94. The van der Waals surface area contributed by atoms with Crippen molar-refractivity contribution < 1.29 is 4.79 Å².